The van der Waals surface area contributed by atoms with Crippen molar-refractivity contribution in [3.05, 3.63) is 24.3 Å². The third kappa shape index (κ3) is 4.27. The maximum absolute atomic E-state index is 8.66. The van der Waals surface area contributed by atoms with Gasteiger partial charge in [0.2, 0.25) is 0 Å². The van der Waals surface area contributed by atoms with Crippen LogP contribution < -0.4 is 10.6 Å². The average molecular weight is 247 g/mol. The Balaban J connectivity index is 2.61. The van der Waals surface area contributed by atoms with Crippen molar-refractivity contribution in [2.75, 3.05) is 30.3 Å². The molecule has 0 radical (unpaired) electrons. The van der Waals surface area contributed by atoms with Gasteiger partial charge in [-0.05, 0) is 25.5 Å². The maximum Gasteiger partial charge on any atom is 0.141 e. The summed E-state index contributed by atoms with van der Waals surface area (Å²) in [6, 6.07) is 9.88. The molecule has 18 heavy (non-hydrogen) atoms. The predicted octanol–water partition coefficient (Wildman–Crippen LogP) is 2.41. The second kappa shape index (κ2) is 7.57. The van der Waals surface area contributed by atoms with Crippen LogP contribution >= 0.6 is 0 Å². The van der Waals surface area contributed by atoms with Crippen molar-refractivity contribution >= 4 is 11.4 Å². The zero-order chi connectivity index (χ0) is 13.4. The highest BCUT2D eigenvalue weighted by molar-refractivity contribution is 5.67. The van der Waals surface area contributed by atoms with Crippen molar-refractivity contribution in [2.45, 2.75) is 26.4 Å². The van der Waals surface area contributed by atoms with Crippen LogP contribution in [0.1, 0.15) is 20.3 Å². The summed E-state index contributed by atoms with van der Waals surface area (Å²) >= 11 is 0. The zero-order valence-corrected chi connectivity index (χ0v) is 11.1. The number of hydrogen-bond acceptors (Lipinski definition) is 4. The van der Waals surface area contributed by atoms with Crippen molar-refractivity contribution < 1.29 is 4.74 Å². The highest BCUT2D eigenvalue weighted by Crippen LogP contribution is 2.22. The molecule has 0 fully saturated rings. The number of hydrogen-bond donors (Lipinski definition) is 1. The minimum Gasteiger partial charge on any atom is -0.397 e. The number of ether oxygens (including phenoxy) is 1. The highest BCUT2D eigenvalue weighted by atomic mass is 16.5. The Morgan fingerprint density at radius 1 is 1.39 bits per heavy atom. The van der Waals surface area contributed by atoms with Crippen molar-refractivity contribution in [1.29, 1.82) is 5.26 Å². The number of benzene rings is 1. The lowest BCUT2D eigenvalue weighted by atomic mass is 10.2. The summed E-state index contributed by atoms with van der Waals surface area (Å²) < 4.78 is 5.39. The van der Waals surface area contributed by atoms with Crippen LogP contribution in [0.25, 0.3) is 0 Å². The van der Waals surface area contributed by atoms with Crippen molar-refractivity contribution in [3.63, 3.8) is 0 Å². The van der Waals surface area contributed by atoms with E-state index in [0.29, 0.717) is 6.61 Å². The zero-order valence-electron chi connectivity index (χ0n) is 11.1. The normalized spacial score (nSPS) is 11.8. The van der Waals surface area contributed by atoms with Crippen LogP contribution in [0.15, 0.2) is 24.3 Å². The van der Waals surface area contributed by atoms with E-state index in [1.54, 1.807) is 6.92 Å². The van der Waals surface area contributed by atoms with Crippen LogP contribution in [0.3, 0.4) is 0 Å². The highest BCUT2D eigenvalue weighted by Gasteiger charge is 2.09. The van der Waals surface area contributed by atoms with Gasteiger partial charge in [-0.2, -0.15) is 5.26 Å². The van der Waals surface area contributed by atoms with Gasteiger partial charge in [-0.3, -0.25) is 0 Å². The van der Waals surface area contributed by atoms with E-state index in [1.807, 2.05) is 24.3 Å². The molecule has 0 amide bonds. The molecule has 1 aromatic rings. The largest absolute Gasteiger partial charge is 0.397 e. The summed E-state index contributed by atoms with van der Waals surface area (Å²) in [5.74, 6) is 0. The Labute approximate surface area is 109 Å². The number of nitrogens with zero attached hydrogens (tertiary/aromatic N) is 2. The van der Waals surface area contributed by atoms with E-state index in [9.17, 15) is 0 Å². The number of nitrogen functional groups attached to an aromatic ring is 1. The molecule has 1 atom stereocenters. The van der Waals surface area contributed by atoms with Crippen LogP contribution in [0.5, 0.6) is 0 Å². The molecule has 0 spiro atoms. The van der Waals surface area contributed by atoms with Gasteiger partial charge >= 0.3 is 0 Å². The van der Waals surface area contributed by atoms with Crippen LogP contribution in [0, 0.1) is 11.3 Å². The molecule has 4 heteroatoms. The minimum absolute atomic E-state index is 0.360. The first-order valence-corrected chi connectivity index (χ1v) is 6.29. The smallest absolute Gasteiger partial charge is 0.141 e. The molecule has 0 aliphatic rings. The molecule has 98 valence electrons. The van der Waals surface area contributed by atoms with Gasteiger partial charge in [-0.25, -0.2) is 0 Å². The van der Waals surface area contributed by atoms with Gasteiger partial charge in [0, 0.05) is 13.1 Å². The standard InChI is InChI=1S/C14H21N3O/c1-3-8-17(9-10-18-12(2)11-15)14-7-5-4-6-13(14)16/h4-7,12H,3,8-10,16H2,1-2H3. The number of para-hydroxylation sites is 2. The molecule has 1 aromatic carbocycles. The topological polar surface area (TPSA) is 62.3 Å². The molecule has 0 heterocycles. The quantitative estimate of drug-likeness (QED) is 0.752. The van der Waals surface area contributed by atoms with Gasteiger partial charge in [0.1, 0.15) is 6.10 Å². The third-order valence-corrected chi connectivity index (χ3v) is 2.68. The Hall–Kier alpha value is -1.73. The molecular weight excluding hydrogens is 226 g/mol. The predicted molar refractivity (Wildman–Crippen MR) is 74.4 cm³/mol. The first-order chi connectivity index (χ1) is 8.69. The average Bonchev–Trinajstić information content (AvgIpc) is 2.38. The Morgan fingerprint density at radius 3 is 2.72 bits per heavy atom. The summed E-state index contributed by atoms with van der Waals surface area (Å²) in [4.78, 5) is 2.19. The first-order valence-electron chi connectivity index (χ1n) is 6.29. The van der Waals surface area contributed by atoms with Crippen molar-refractivity contribution in [3.8, 4) is 6.07 Å². The summed E-state index contributed by atoms with van der Waals surface area (Å²) in [5, 5.41) is 8.66. The van der Waals surface area contributed by atoms with E-state index in [-0.39, 0.29) is 6.10 Å². The molecule has 0 bridgehead atoms. The van der Waals surface area contributed by atoms with Gasteiger partial charge in [-0.15, -0.1) is 0 Å². The van der Waals surface area contributed by atoms with Crippen LogP contribution in [-0.4, -0.2) is 25.8 Å². The lowest BCUT2D eigenvalue weighted by molar-refractivity contribution is 0.108. The Morgan fingerprint density at radius 2 is 2.11 bits per heavy atom. The first kappa shape index (κ1) is 14.3. The maximum atomic E-state index is 8.66. The van der Waals surface area contributed by atoms with Gasteiger partial charge in [-0.1, -0.05) is 19.1 Å². The molecule has 4 nitrogen and oxygen atoms in total. The summed E-state index contributed by atoms with van der Waals surface area (Å²) in [6.45, 7) is 6.08. The number of anilines is 2. The van der Waals surface area contributed by atoms with Crippen LogP contribution in [0.4, 0.5) is 11.4 Å². The molecule has 0 aliphatic carbocycles. The van der Waals surface area contributed by atoms with E-state index >= 15 is 0 Å². The van der Waals surface area contributed by atoms with E-state index in [2.05, 4.69) is 17.9 Å². The molecule has 2 N–H and O–H groups in total. The van der Waals surface area contributed by atoms with Crippen LogP contribution in [-0.2, 0) is 4.74 Å². The number of rotatable bonds is 7. The second-order valence-corrected chi connectivity index (χ2v) is 4.19. The Kier molecular flexibility index (Phi) is 6.03. The summed E-state index contributed by atoms with van der Waals surface area (Å²) in [5.41, 5.74) is 7.79. The van der Waals surface area contributed by atoms with Crippen molar-refractivity contribution in [1.82, 2.24) is 0 Å². The number of nitrogens with two attached hydrogens (primary N) is 1. The molecule has 1 unspecified atom stereocenters. The van der Waals surface area contributed by atoms with Gasteiger partial charge in [0.15, 0.2) is 0 Å². The van der Waals surface area contributed by atoms with E-state index in [1.165, 1.54) is 0 Å². The van der Waals surface area contributed by atoms with Gasteiger partial charge in [0.25, 0.3) is 0 Å². The fraction of sp³-hybridized carbons (Fsp3) is 0.500. The summed E-state index contributed by atoms with van der Waals surface area (Å²) in [6.07, 6.45) is 0.684. The fourth-order valence-electron chi connectivity index (χ4n) is 1.78. The van der Waals surface area contributed by atoms with Gasteiger partial charge in [0.05, 0.1) is 24.1 Å². The lowest BCUT2D eigenvalue weighted by Gasteiger charge is -2.25. The molecule has 0 saturated carbocycles. The van der Waals surface area contributed by atoms with Crippen molar-refractivity contribution in [2.24, 2.45) is 0 Å². The molecule has 0 aromatic heterocycles. The molecule has 0 saturated heterocycles. The van der Waals surface area contributed by atoms with E-state index < -0.39 is 0 Å². The van der Waals surface area contributed by atoms with E-state index in [4.69, 9.17) is 15.7 Å². The van der Waals surface area contributed by atoms with Gasteiger partial charge < -0.3 is 15.4 Å². The van der Waals surface area contributed by atoms with Crippen LogP contribution in [0.2, 0.25) is 0 Å². The third-order valence-electron chi connectivity index (χ3n) is 2.68. The lowest BCUT2D eigenvalue weighted by Crippen LogP contribution is -2.29. The summed E-state index contributed by atoms with van der Waals surface area (Å²) in [7, 11) is 0. The Bertz CT molecular complexity index is 400. The molecule has 0 aliphatic heterocycles. The van der Waals surface area contributed by atoms with E-state index in [0.717, 1.165) is 30.9 Å². The SMILES string of the molecule is CCCN(CCOC(C)C#N)c1ccccc1N. The second-order valence-electron chi connectivity index (χ2n) is 4.19. The fourth-order valence-corrected chi connectivity index (χ4v) is 1.78. The minimum atomic E-state index is -0.360. The molecule has 1 rings (SSSR count). The number of nitriles is 1. The monoisotopic (exact) mass is 247 g/mol. The molecular formula is C14H21N3O.